The molecule has 0 spiro atoms. The number of anilines is 1. The Kier molecular flexibility index (Phi) is 5.33. The molecule has 1 heterocycles. The molecule has 3 rings (SSSR count). The molecular weight excluding hydrogens is 360 g/mol. The van der Waals surface area contributed by atoms with Gasteiger partial charge >= 0.3 is 0 Å². The van der Waals surface area contributed by atoms with Crippen LogP contribution in [0.5, 0.6) is 17.2 Å². The van der Waals surface area contributed by atoms with Gasteiger partial charge in [-0.2, -0.15) is 0 Å². The van der Waals surface area contributed by atoms with Crippen molar-refractivity contribution in [2.24, 2.45) is 0 Å². The molecule has 0 unspecified atom stereocenters. The number of halogens is 1. The van der Waals surface area contributed by atoms with Crippen molar-refractivity contribution in [1.29, 1.82) is 0 Å². The molecule has 1 amide bonds. The summed E-state index contributed by atoms with van der Waals surface area (Å²) in [5, 5.41) is 9.59. The standard InChI is InChI=1S/C17H17ClN4O4/c1-24-15-8-16(25-2)14(7-13(15)18)20-17(23)9-26-12-5-3-4-11(6-12)22-10-19-21-22/h3-8,10,21H,9H2,1-2H3,(H,20,23). The Morgan fingerprint density at radius 2 is 2.00 bits per heavy atom. The second kappa shape index (κ2) is 7.83. The van der Waals surface area contributed by atoms with Gasteiger partial charge in [0.1, 0.15) is 23.6 Å². The molecule has 0 fully saturated rings. The molecule has 9 heteroatoms. The number of carbonyl (C=O) groups excluding carboxylic acids is 1. The van der Waals surface area contributed by atoms with Crippen LogP contribution < -0.4 is 19.5 Å². The average molecular weight is 377 g/mol. The van der Waals surface area contributed by atoms with Gasteiger partial charge in [-0.1, -0.05) is 17.7 Å². The summed E-state index contributed by atoms with van der Waals surface area (Å²) in [6, 6.07) is 10.4. The molecule has 0 radical (unpaired) electrons. The van der Waals surface area contributed by atoms with Gasteiger partial charge in [-0.05, 0) is 18.2 Å². The summed E-state index contributed by atoms with van der Waals surface area (Å²) < 4.78 is 17.6. The number of rotatable bonds is 7. The molecule has 0 saturated heterocycles. The number of carbonyl (C=O) groups is 1. The molecule has 0 saturated carbocycles. The van der Waals surface area contributed by atoms with Crippen molar-refractivity contribution < 1.29 is 19.0 Å². The van der Waals surface area contributed by atoms with Crippen LogP contribution in [0.4, 0.5) is 5.69 Å². The van der Waals surface area contributed by atoms with Gasteiger partial charge in [0, 0.05) is 12.1 Å². The van der Waals surface area contributed by atoms with Gasteiger partial charge in [-0.3, -0.25) is 4.79 Å². The number of H-pyrrole nitrogens is 1. The third-order valence-electron chi connectivity index (χ3n) is 3.55. The molecule has 8 nitrogen and oxygen atoms in total. The first-order valence-corrected chi connectivity index (χ1v) is 8.01. The molecule has 26 heavy (non-hydrogen) atoms. The van der Waals surface area contributed by atoms with Crippen molar-refractivity contribution >= 4 is 23.2 Å². The highest BCUT2D eigenvalue weighted by molar-refractivity contribution is 6.32. The summed E-state index contributed by atoms with van der Waals surface area (Å²) in [6.07, 6.45) is 1.63. The predicted molar refractivity (Wildman–Crippen MR) is 96.6 cm³/mol. The maximum atomic E-state index is 12.2. The van der Waals surface area contributed by atoms with Crippen LogP contribution in [-0.4, -0.2) is 41.7 Å². The highest BCUT2D eigenvalue weighted by Gasteiger charge is 2.13. The van der Waals surface area contributed by atoms with Gasteiger partial charge in [0.15, 0.2) is 6.61 Å². The van der Waals surface area contributed by atoms with E-state index in [1.54, 1.807) is 35.3 Å². The number of amides is 1. The van der Waals surface area contributed by atoms with Crippen LogP contribution in [0.25, 0.3) is 5.69 Å². The van der Waals surface area contributed by atoms with Gasteiger partial charge in [-0.15, -0.1) is 5.10 Å². The van der Waals surface area contributed by atoms with E-state index in [2.05, 4.69) is 15.6 Å². The van der Waals surface area contributed by atoms with Crippen LogP contribution in [0.15, 0.2) is 42.7 Å². The van der Waals surface area contributed by atoms with Gasteiger partial charge in [0.25, 0.3) is 5.91 Å². The number of nitrogens with one attached hydrogen (secondary N) is 2. The highest BCUT2D eigenvalue weighted by Crippen LogP contribution is 2.35. The van der Waals surface area contributed by atoms with E-state index < -0.39 is 0 Å². The van der Waals surface area contributed by atoms with Gasteiger partial charge in [0.05, 0.1) is 30.6 Å². The van der Waals surface area contributed by atoms with Crippen molar-refractivity contribution in [1.82, 2.24) is 15.0 Å². The predicted octanol–water partition coefficient (Wildman–Crippen LogP) is 2.89. The Labute approximate surface area is 154 Å². The van der Waals surface area contributed by atoms with Crippen LogP contribution in [0.3, 0.4) is 0 Å². The first kappa shape index (κ1) is 17.7. The highest BCUT2D eigenvalue weighted by atomic mass is 35.5. The third kappa shape index (κ3) is 3.92. The van der Waals surface area contributed by atoms with Gasteiger partial charge < -0.3 is 19.5 Å². The number of aromatic nitrogens is 3. The molecular formula is C17H17ClN4O4. The minimum Gasteiger partial charge on any atom is -0.495 e. The lowest BCUT2D eigenvalue weighted by atomic mass is 10.2. The van der Waals surface area contributed by atoms with E-state index in [9.17, 15) is 4.79 Å². The normalized spacial score (nSPS) is 10.4. The second-order valence-corrected chi connectivity index (χ2v) is 5.64. The molecule has 2 aromatic carbocycles. The number of benzene rings is 2. The van der Waals surface area contributed by atoms with Crippen molar-refractivity contribution in [3.8, 4) is 22.9 Å². The van der Waals surface area contributed by atoms with E-state index in [0.29, 0.717) is 28.0 Å². The minimum absolute atomic E-state index is 0.169. The maximum Gasteiger partial charge on any atom is 0.262 e. The first-order valence-electron chi connectivity index (χ1n) is 7.63. The number of aromatic amines is 1. The number of ether oxygens (including phenoxy) is 3. The lowest BCUT2D eigenvalue weighted by molar-refractivity contribution is -0.118. The SMILES string of the molecule is COc1cc(OC)c(NC(=O)COc2cccc(-n3cn[nH]3)c2)cc1Cl. The van der Waals surface area contributed by atoms with Gasteiger partial charge in [0.2, 0.25) is 0 Å². The summed E-state index contributed by atoms with van der Waals surface area (Å²) in [5.74, 6) is 1.10. The molecule has 1 aromatic heterocycles. The number of hydrogen-bond donors (Lipinski definition) is 2. The quantitative estimate of drug-likeness (QED) is 0.661. The van der Waals surface area contributed by atoms with Gasteiger partial charge in [-0.25, -0.2) is 9.90 Å². The van der Waals surface area contributed by atoms with Crippen LogP contribution in [0.1, 0.15) is 0 Å². The first-order chi connectivity index (χ1) is 12.6. The Bertz CT molecular complexity index is 897. The molecule has 0 bridgehead atoms. The van der Waals surface area contributed by atoms with Crippen molar-refractivity contribution in [3.05, 3.63) is 47.7 Å². The number of hydrogen-bond acceptors (Lipinski definition) is 5. The number of nitrogens with zero attached hydrogens (tertiary/aromatic N) is 2. The maximum absolute atomic E-state index is 12.2. The monoisotopic (exact) mass is 376 g/mol. The van der Waals surface area contributed by atoms with E-state index in [0.717, 1.165) is 5.69 Å². The van der Waals surface area contributed by atoms with E-state index in [1.807, 2.05) is 12.1 Å². The fourth-order valence-electron chi connectivity index (χ4n) is 2.26. The van der Waals surface area contributed by atoms with E-state index >= 15 is 0 Å². The third-order valence-corrected chi connectivity index (χ3v) is 3.85. The zero-order chi connectivity index (χ0) is 18.5. The molecule has 0 aliphatic carbocycles. The topological polar surface area (TPSA) is 90.4 Å². The smallest absolute Gasteiger partial charge is 0.262 e. The zero-order valence-corrected chi connectivity index (χ0v) is 14.9. The molecule has 2 N–H and O–H groups in total. The fourth-order valence-corrected chi connectivity index (χ4v) is 2.50. The Balaban J connectivity index is 1.64. The summed E-state index contributed by atoms with van der Waals surface area (Å²) in [5.41, 5.74) is 1.28. The Hall–Kier alpha value is -3.13. The lowest BCUT2D eigenvalue weighted by Gasteiger charge is -2.14. The van der Waals surface area contributed by atoms with Crippen molar-refractivity contribution in [3.63, 3.8) is 0 Å². The van der Waals surface area contributed by atoms with Crippen LogP contribution in [-0.2, 0) is 4.79 Å². The number of methoxy groups -OCH3 is 2. The molecule has 0 atom stereocenters. The molecule has 0 aliphatic heterocycles. The van der Waals surface area contributed by atoms with Crippen LogP contribution >= 0.6 is 11.6 Å². The zero-order valence-electron chi connectivity index (χ0n) is 14.2. The molecule has 136 valence electrons. The molecule has 0 aliphatic rings. The Morgan fingerprint density at radius 1 is 1.23 bits per heavy atom. The van der Waals surface area contributed by atoms with E-state index in [1.165, 1.54) is 14.2 Å². The minimum atomic E-state index is -0.349. The van der Waals surface area contributed by atoms with Crippen LogP contribution in [0.2, 0.25) is 5.02 Å². The van der Waals surface area contributed by atoms with E-state index in [-0.39, 0.29) is 12.5 Å². The fraction of sp³-hybridized carbons (Fsp3) is 0.176. The summed E-state index contributed by atoms with van der Waals surface area (Å²) in [6.45, 7) is -0.169. The largest absolute Gasteiger partial charge is 0.495 e. The summed E-state index contributed by atoms with van der Waals surface area (Å²) in [4.78, 5) is 12.2. The summed E-state index contributed by atoms with van der Waals surface area (Å²) in [7, 11) is 3.00. The van der Waals surface area contributed by atoms with E-state index in [4.69, 9.17) is 25.8 Å². The lowest BCUT2D eigenvalue weighted by Crippen LogP contribution is -2.20. The van der Waals surface area contributed by atoms with Crippen molar-refractivity contribution in [2.45, 2.75) is 0 Å². The van der Waals surface area contributed by atoms with Crippen LogP contribution in [0, 0.1) is 0 Å². The Morgan fingerprint density at radius 3 is 2.65 bits per heavy atom. The average Bonchev–Trinajstić information content (AvgIpc) is 2.59. The molecule has 3 aromatic rings. The second-order valence-electron chi connectivity index (χ2n) is 5.24. The summed E-state index contributed by atoms with van der Waals surface area (Å²) >= 11 is 6.10. The van der Waals surface area contributed by atoms with Crippen molar-refractivity contribution in [2.75, 3.05) is 26.1 Å².